The lowest BCUT2D eigenvalue weighted by Crippen LogP contribution is -1.69. The van der Waals surface area contributed by atoms with E-state index >= 15 is 0 Å². The zero-order valence-electron chi connectivity index (χ0n) is 9.33. The van der Waals surface area contributed by atoms with Gasteiger partial charge in [-0.15, -0.1) is 11.3 Å². The first-order valence-electron chi connectivity index (χ1n) is 5.39. The van der Waals surface area contributed by atoms with Crippen molar-refractivity contribution in [1.29, 1.82) is 5.26 Å². The average molecular weight is 252 g/mol. The van der Waals surface area contributed by atoms with Crippen LogP contribution in [0.1, 0.15) is 5.76 Å². The van der Waals surface area contributed by atoms with Gasteiger partial charge >= 0.3 is 0 Å². The molecule has 3 rings (SSSR count). The van der Waals surface area contributed by atoms with Gasteiger partial charge in [-0.3, -0.25) is 0 Å². The summed E-state index contributed by atoms with van der Waals surface area (Å²) in [5.41, 5.74) is 0.975. The molecule has 1 aromatic carbocycles. The number of allylic oxidation sites excluding steroid dienone is 1. The Morgan fingerprint density at radius 3 is 2.94 bits per heavy atom. The zero-order chi connectivity index (χ0) is 12.4. The van der Waals surface area contributed by atoms with Crippen LogP contribution in [0.2, 0.25) is 0 Å². The highest BCUT2D eigenvalue weighted by atomic mass is 32.1. The number of benzene rings is 1. The van der Waals surface area contributed by atoms with Crippen LogP contribution < -0.4 is 0 Å². The minimum Gasteiger partial charge on any atom is -0.454 e. The van der Waals surface area contributed by atoms with E-state index in [0.717, 1.165) is 21.0 Å². The molecule has 0 saturated carbocycles. The average Bonchev–Trinajstić information content (AvgIpc) is 3.02. The van der Waals surface area contributed by atoms with Gasteiger partial charge in [-0.1, -0.05) is 12.1 Å². The molecule has 0 unspecified atom stereocenters. The van der Waals surface area contributed by atoms with Crippen molar-refractivity contribution in [3.63, 3.8) is 0 Å². The summed E-state index contributed by atoms with van der Waals surface area (Å²) in [4.78, 5) is 4.51. The molecule has 2 heterocycles. The molecule has 0 aliphatic rings. The predicted molar refractivity (Wildman–Crippen MR) is 72.0 cm³/mol. The predicted octanol–water partition coefficient (Wildman–Crippen LogP) is 4.09. The summed E-state index contributed by atoms with van der Waals surface area (Å²) in [6.45, 7) is 0. The molecule has 0 fully saturated rings. The topological polar surface area (TPSA) is 49.8 Å². The summed E-state index contributed by atoms with van der Waals surface area (Å²) < 4.78 is 6.75. The third kappa shape index (κ3) is 1.92. The van der Waals surface area contributed by atoms with E-state index in [1.807, 2.05) is 42.5 Å². The van der Waals surface area contributed by atoms with Crippen LogP contribution in [0, 0.1) is 11.3 Å². The van der Waals surface area contributed by atoms with Crippen LogP contribution in [0.5, 0.6) is 0 Å². The van der Waals surface area contributed by atoms with Crippen LogP contribution >= 0.6 is 11.3 Å². The van der Waals surface area contributed by atoms with Crippen molar-refractivity contribution in [2.24, 2.45) is 0 Å². The van der Waals surface area contributed by atoms with E-state index in [0.29, 0.717) is 5.76 Å². The molecule has 86 valence electrons. The summed E-state index contributed by atoms with van der Waals surface area (Å²) in [6.07, 6.45) is 3.03. The Morgan fingerprint density at radius 2 is 2.11 bits per heavy atom. The lowest BCUT2D eigenvalue weighted by molar-refractivity contribution is 0.571. The van der Waals surface area contributed by atoms with Gasteiger partial charge in [0, 0.05) is 6.08 Å². The second-order valence-corrected chi connectivity index (χ2v) is 4.68. The van der Waals surface area contributed by atoms with Gasteiger partial charge in [0.1, 0.15) is 5.76 Å². The van der Waals surface area contributed by atoms with Gasteiger partial charge in [-0.05, 0) is 30.3 Å². The number of para-hydroxylation sites is 1. The van der Waals surface area contributed by atoms with Crippen molar-refractivity contribution >= 4 is 27.6 Å². The molecule has 0 radical (unpaired) electrons. The van der Waals surface area contributed by atoms with Gasteiger partial charge < -0.3 is 4.42 Å². The van der Waals surface area contributed by atoms with Gasteiger partial charge in [0.25, 0.3) is 0 Å². The van der Waals surface area contributed by atoms with Crippen LogP contribution in [0.4, 0.5) is 0 Å². The van der Waals surface area contributed by atoms with E-state index in [2.05, 4.69) is 4.98 Å². The maximum atomic E-state index is 8.46. The molecular formula is C14H8N2OS. The molecule has 0 amide bonds. The number of hydrogen-bond donors (Lipinski definition) is 0. The molecule has 0 bridgehead atoms. The van der Waals surface area contributed by atoms with E-state index < -0.39 is 0 Å². The molecule has 0 aliphatic heterocycles. The molecule has 2 aromatic heterocycles. The Bertz CT molecular complexity index is 728. The molecule has 3 nitrogen and oxygen atoms in total. The van der Waals surface area contributed by atoms with Gasteiger partial charge in [-0.25, -0.2) is 4.98 Å². The fraction of sp³-hybridized carbons (Fsp3) is 0. The Kier molecular flexibility index (Phi) is 2.67. The summed E-state index contributed by atoms with van der Waals surface area (Å²) in [5, 5.41) is 9.31. The first-order chi connectivity index (χ1) is 8.86. The Hall–Kier alpha value is -2.38. The maximum Gasteiger partial charge on any atom is 0.163 e. The zero-order valence-corrected chi connectivity index (χ0v) is 10.1. The highest BCUT2D eigenvalue weighted by Gasteiger charge is 2.09. The molecule has 0 N–H and O–H groups in total. The second-order valence-electron chi connectivity index (χ2n) is 3.65. The summed E-state index contributed by atoms with van der Waals surface area (Å²) in [6, 6.07) is 13.6. The van der Waals surface area contributed by atoms with Crippen LogP contribution in [-0.2, 0) is 0 Å². The van der Waals surface area contributed by atoms with Crippen molar-refractivity contribution in [3.8, 4) is 16.8 Å². The van der Waals surface area contributed by atoms with Crippen LogP contribution in [0.15, 0.2) is 46.9 Å². The SMILES string of the molecule is N#CC=Cc1ccc(-c2nc3ccccc3s2)o1. The van der Waals surface area contributed by atoms with Gasteiger partial charge in [-0.2, -0.15) is 5.26 Å². The lowest BCUT2D eigenvalue weighted by atomic mass is 10.3. The quantitative estimate of drug-likeness (QED) is 0.645. The molecule has 0 saturated heterocycles. The van der Waals surface area contributed by atoms with Crippen molar-refractivity contribution < 1.29 is 4.42 Å². The van der Waals surface area contributed by atoms with Crippen molar-refractivity contribution in [2.75, 3.05) is 0 Å². The number of furan rings is 1. The number of nitriles is 1. The first kappa shape index (κ1) is 10.8. The van der Waals surface area contributed by atoms with E-state index in [1.54, 1.807) is 17.4 Å². The monoisotopic (exact) mass is 252 g/mol. The van der Waals surface area contributed by atoms with E-state index in [9.17, 15) is 0 Å². The van der Waals surface area contributed by atoms with Crippen molar-refractivity contribution in [3.05, 3.63) is 48.2 Å². The lowest BCUT2D eigenvalue weighted by Gasteiger charge is -1.87. The third-order valence-electron chi connectivity index (χ3n) is 2.45. The highest BCUT2D eigenvalue weighted by Crippen LogP contribution is 2.31. The van der Waals surface area contributed by atoms with Crippen LogP contribution in [0.3, 0.4) is 0 Å². The number of nitrogens with zero attached hydrogens (tertiary/aromatic N) is 2. The molecule has 0 atom stereocenters. The summed E-state index contributed by atoms with van der Waals surface area (Å²) >= 11 is 1.59. The Morgan fingerprint density at radius 1 is 1.22 bits per heavy atom. The minimum atomic E-state index is 0.658. The molecular weight excluding hydrogens is 244 g/mol. The normalized spacial score (nSPS) is 11.1. The molecule has 0 spiro atoms. The summed E-state index contributed by atoms with van der Waals surface area (Å²) in [7, 11) is 0. The molecule has 0 aliphatic carbocycles. The minimum absolute atomic E-state index is 0.658. The van der Waals surface area contributed by atoms with Crippen LogP contribution in [-0.4, -0.2) is 4.98 Å². The first-order valence-corrected chi connectivity index (χ1v) is 6.20. The second kappa shape index (κ2) is 4.47. The highest BCUT2D eigenvalue weighted by molar-refractivity contribution is 7.21. The smallest absolute Gasteiger partial charge is 0.163 e. The Balaban J connectivity index is 2.01. The van der Waals surface area contributed by atoms with Crippen LogP contribution in [0.25, 0.3) is 27.1 Å². The van der Waals surface area contributed by atoms with Crippen molar-refractivity contribution in [1.82, 2.24) is 4.98 Å². The largest absolute Gasteiger partial charge is 0.454 e. The number of hydrogen-bond acceptors (Lipinski definition) is 4. The maximum absolute atomic E-state index is 8.46. The number of thiazole rings is 1. The number of rotatable bonds is 2. The van der Waals surface area contributed by atoms with E-state index in [1.165, 1.54) is 6.08 Å². The number of aromatic nitrogens is 1. The van der Waals surface area contributed by atoms with Gasteiger partial charge in [0.05, 0.1) is 16.3 Å². The van der Waals surface area contributed by atoms with Gasteiger partial charge in [0.15, 0.2) is 10.8 Å². The fourth-order valence-electron chi connectivity index (χ4n) is 1.65. The van der Waals surface area contributed by atoms with E-state index in [4.69, 9.17) is 9.68 Å². The molecule has 3 aromatic rings. The molecule has 4 heteroatoms. The van der Waals surface area contributed by atoms with Crippen molar-refractivity contribution in [2.45, 2.75) is 0 Å². The standard InChI is InChI=1S/C14H8N2OS/c15-9-3-4-10-7-8-12(17-10)14-16-11-5-1-2-6-13(11)18-14/h1-8H. The van der Waals surface area contributed by atoms with E-state index in [-0.39, 0.29) is 0 Å². The number of fused-ring (bicyclic) bond motifs is 1. The molecule has 18 heavy (non-hydrogen) atoms. The summed E-state index contributed by atoms with van der Waals surface area (Å²) in [5.74, 6) is 1.39. The third-order valence-corrected chi connectivity index (χ3v) is 3.50. The fourth-order valence-corrected chi connectivity index (χ4v) is 2.58. The Labute approximate surface area is 108 Å². The van der Waals surface area contributed by atoms with Gasteiger partial charge in [0.2, 0.25) is 0 Å².